The van der Waals surface area contributed by atoms with Crippen LogP contribution in [-0.2, 0) is 11.2 Å². The van der Waals surface area contributed by atoms with Crippen LogP contribution in [0.1, 0.15) is 15.2 Å². The van der Waals surface area contributed by atoms with E-state index in [2.05, 4.69) is 10.6 Å². The maximum Gasteiger partial charge on any atom is 0.265 e. The van der Waals surface area contributed by atoms with Gasteiger partial charge < -0.3 is 15.4 Å². The van der Waals surface area contributed by atoms with Crippen molar-refractivity contribution in [1.82, 2.24) is 0 Å². The van der Waals surface area contributed by atoms with Gasteiger partial charge >= 0.3 is 0 Å². The number of carbonyl (C=O) groups excluding carboxylic acids is 2. The number of benzene rings is 2. The van der Waals surface area contributed by atoms with Crippen LogP contribution in [0, 0.1) is 0 Å². The molecule has 0 saturated heterocycles. The van der Waals surface area contributed by atoms with E-state index in [1.165, 1.54) is 11.3 Å². The first-order valence-corrected chi connectivity index (χ1v) is 9.38. The molecule has 5 nitrogen and oxygen atoms in total. The number of methoxy groups -OCH3 is 1. The molecule has 3 aromatic rings. The minimum Gasteiger partial charge on any atom is -0.496 e. The Kier molecular flexibility index (Phi) is 6.11. The summed E-state index contributed by atoms with van der Waals surface area (Å²) in [5.41, 5.74) is 1.83. The van der Waals surface area contributed by atoms with Gasteiger partial charge in [-0.15, -0.1) is 11.3 Å². The Labute approximate surface area is 165 Å². The van der Waals surface area contributed by atoms with Gasteiger partial charge in [-0.25, -0.2) is 0 Å². The van der Waals surface area contributed by atoms with Crippen LogP contribution in [0.3, 0.4) is 0 Å². The lowest BCUT2D eigenvalue weighted by atomic mass is 10.1. The van der Waals surface area contributed by atoms with Gasteiger partial charge in [0.2, 0.25) is 5.91 Å². The van der Waals surface area contributed by atoms with E-state index in [1.807, 2.05) is 35.7 Å². The molecule has 3 rings (SSSR count). The average molecular weight is 401 g/mol. The summed E-state index contributed by atoms with van der Waals surface area (Å²) in [6.07, 6.45) is 0.179. The van der Waals surface area contributed by atoms with Crippen molar-refractivity contribution in [1.29, 1.82) is 0 Å². The van der Waals surface area contributed by atoms with Gasteiger partial charge in [0.15, 0.2) is 0 Å². The zero-order valence-electron chi connectivity index (χ0n) is 14.5. The number of carbonyl (C=O) groups is 2. The molecule has 0 unspecified atom stereocenters. The number of amides is 2. The molecule has 0 atom stereocenters. The van der Waals surface area contributed by atoms with Crippen molar-refractivity contribution in [2.45, 2.75) is 6.42 Å². The molecule has 1 aromatic heterocycles. The predicted octanol–water partition coefficient (Wildman–Crippen LogP) is 4.84. The van der Waals surface area contributed by atoms with E-state index < -0.39 is 0 Å². The van der Waals surface area contributed by atoms with Crippen LogP contribution in [0.4, 0.5) is 11.4 Å². The van der Waals surface area contributed by atoms with Crippen LogP contribution in [0.15, 0.2) is 60.0 Å². The number of halogens is 1. The zero-order chi connectivity index (χ0) is 19.2. The SMILES string of the molecule is COc1ccccc1CC(=O)Nc1ccc(NC(=O)c2cccs2)c(Cl)c1. The van der Waals surface area contributed by atoms with E-state index in [9.17, 15) is 9.59 Å². The van der Waals surface area contributed by atoms with Crippen molar-refractivity contribution >= 4 is 46.1 Å². The highest BCUT2D eigenvalue weighted by Gasteiger charge is 2.12. The first-order valence-electron chi connectivity index (χ1n) is 8.13. The quantitative estimate of drug-likeness (QED) is 0.621. The minimum atomic E-state index is -0.222. The summed E-state index contributed by atoms with van der Waals surface area (Å²) < 4.78 is 5.26. The Morgan fingerprint density at radius 2 is 1.89 bits per heavy atom. The second-order valence-electron chi connectivity index (χ2n) is 5.66. The summed E-state index contributed by atoms with van der Waals surface area (Å²) >= 11 is 7.59. The van der Waals surface area contributed by atoms with Crippen LogP contribution in [-0.4, -0.2) is 18.9 Å². The summed E-state index contributed by atoms with van der Waals surface area (Å²) in [5.74, 6) is 0.253. The number of hydrogen-bond acceptors (Lipinski definition) is 4. The van der Waals surface area contributed by atoms with Gasteiger partial charge in [0.05, 0.1) is 29.1 Å². The van der Waals surface area contributed by atoms with Crippen molar-refractivity contribution in [3.05, 3.63) is 75.4 Å². The molecule has 0 aliphatic heterocycles. The Balaban J connectivity index is 1.65. The number of anilines is 2. The Morgan fingerprint density at radius 1 is 1.07 bits per heavy atom. The standard InChI is InChI=1S/C20H17ClN2O3S/c1-26-17-6-3-2-5-13(17)11-19(24)22-14-8-9-16(15(21)12-14)23-20(25)18-7-4-10-27-18/h2-10,12H,11H2,1H3,(H,22,24)(H,23,25). The van der Waals surface area contributed by atoms with Crippen LogP contribution in [0.25, 0.3) is 0 Å². The van der Waals surface area contributed by atoms with Crippen molar-refractivity contribution in [2.75, 3.05) is 17.7 Å². The van der Waals surface area contributed by atoms with E-state index in [-0.39, 0.29) is 18.2 Å². The third kappa shape index (κ3) is 4.87. The van der Waals surface area contributed by atoms with E-state index in [1.54, 1.807) is 31.4 Å². The lowest BCUT2D eigenvalue weighted by Crippen LogP contribution is -2.15. The Bertz CT molecular complexity index is 958. The molecule has 0 aliphatic carbocycles. The van der Waals surface area contributed by atoms with Crippen LogP contribution < -0.4 is 15.4 Å². The molecule has 0 spiro atoms. The van der Waals surface area contributed by atoms with E-state index in [0.717, 1.165) is 5.56 Å². The fourth-order valence-corrected chi connectivity index (χ4v) is 3.36. The summed E-state index contributed by atoms with van der Waals surface area (Å²) in [6, 6.07) is 15.9. The van der Waals surface area contributed by atoms with Crippen molar-refractivity contribution in [3.63, 3.8) is 0 Å². The molecule has 0 bridgehead atoms. The largest absolute Gasteiger partial charge is 0.496 e. The van der Waals surface area contributed by atoms with Gasteiger partial charge in [-0.1, -0.05) is 35.9 Å². The van der Waals surface area contributed by atoms with Gasteiger partial charge in [-0.05, 0) is 35.7 Å². The first-order chi connectivity index (χ1) is 13.1. The highest BCUT2D eigenvalue weighted by atomic mass is 35.5. The molecular formula is C20H17ClN2O3S. The smallest absolute Gasteiger partial charge is 0.265 e. The van der Waals surface area contributed by atoms with Crippen molar-refractivity contribution in [3.8, 4) is 5.75 Å². The maximum absolute atomic E-state index is 12.3. The Hall–Kier alpha value is -2.83. The third-order valence-corrected chi connectivity index (χ3v) is 4.97. The van der Waals surface area contributed by atoms with Gasteiger partial charge in [0.1, 0.15) is 5.75 Å². The summed E-state index contributed by atoms with van der Waals surface area (Å²) in [7, 11) is 1.57. The van der Waals surface area contributed by atoms with Crippen molar-refractivity contribution in [2.24, 2.45) is 0 Å². The molecule has 0 fully saturated rings. The number of hydrogen-bond donors (Lipinski definition) is 2. The maximum atomic E-state index is 12.3. The number of nitrogens with one attached hydrogen (secondary N) is 2. The molecular weight excluding hydrogens is 384 g/mol. The third-order valence-electron chi connectivity index (χ3n) is 3.79. The zero-order valence-corrected chi connectivity index (χ0v) is 16.1. The highest BCUT2D eigenvalue weighted by molar-refractivity contribution is 7.12. The summed E-state index contributed by atoms with van der Waals surface area (Å²) in [5, 5.41) is 7.73. The second-order valence-corrected chi connectivity index (χ2v) is 7.02. The molecule has 1 heterocycles. The van der Waals surface area contributed by atoms with E-state index in [0.29, 0.717) is 27.0 Å². The molecule has 0 aliphatic rings. The first kappa shape index (κ1) is 18.9. The van der Waals surface area contributed by atoms with Crippen LogP contribution in [0.2, 0.25) is 5.02 Å². The molecule has 0 saturated carbocycles. The Morgan fingerprint density at radius 3 is 2.59 bits per heavy atom. The van der Waals surface area contributed by atoms with Gasteiger partial charge in [0.25, 0.3) is 5.91 Å². The highest BCUT2D eigenvalue weighted by Crippen LogP contribution is 2.27. The monoisotopic (exact) mass is 400 g/mol. The van der Waals surface area contributed by atoms with Crippen molar-refractivity contribution < 1.29 is 14.3 Å². The lowest BCUT2D eigenvalue weighted by molar-refractivity contribution is -0.115. The molecule has 7 heteroatoms. The predicted molar refractivity (Wildman–Crippen MR) is 109 cm³/mol. The second kappa shape index (κ2) is 8.70. The number of ether oxygens (including phenoxy) is 1. The minimum absolute atomic E-state index is 0.179. The molecule has 27 heavy (non-hydrogen) atoms. The number of thiophene rings is 1. The van der Waals surface area contributed by atoms with E-state index in [4.69, 9.17) is 16.3 Å². The molecule has 2 N–H and O–H groups in total. The number of rotatable bonds is 6. The van der Waals surface area contributed by atoms with Crippen LogP contribution >= 0.6 is 22.9 Å². The van der Waals surface area contributed by atoms with Gasteiger partial charge in [-0.2, -0.15) is 0 Å². The molecule has 2 aromatic carbocycles. The molecule has 0 radical (unpaired) electrons. The normalized spacial score (nSPS) is 10.3. The summed E-state index contributed by atoms with van der Waals surface area (Å²) in [4.78, 5) is 25.0. The summed E-state index contributed by atoms with van der Waals surface area (Å²) in [6.45, 7) is 0. The lowest BCUT2D eigenvalue weighted by Gasteiger charge is -2.11. The molecule has 2 amide bonds. The average Bonchev–Trinajstić information content (AvgIpc) is 3.19. The van der Waals surface area contributed by atoms with Gasteiger partial charge in [-0.3, -0.25) is 9.59 Å². The fourth-order valence-electron chi connectivity index (χ4n) is 2.51. The molecule has 138 valence electrons. The topological polar surface area (TPSA) is 67.4 Å². The van der Waals surface area contributed by atoms with E-state index >= 15 is 0 Å². The van der Waals surface area contributed by atoms with Gasteiger partial charge in [0, 0.05) is 11.3 Å². The van der Waals surface area contributed by atoms with Crippen LogP contribution in [0.5, 0.6) is 5.75 Å². The fraction of sp³-hybridized carbons (Fsp3) is 0.100. The number of para-hydroxylation sites is 1.